The minimum absolute atomic E-state index is 0.0510. The Morgan fingerprint density at radius 1 is 0.931 bits per heavy atom. The lowest BCUT2D eigenvalue weighted by Gasteiger charge is -2.31. The Kier molecular flexibility index (Phi) is 8.31. The zero-order valence-electron chi connectivity index (χ0n) is 17.1. The molecule has 0 radical (unpaired) electrons. The van der Waals surface area contributed by atoms with Crippen LogP contribution >= 0.6 is 0 Å². The molecule has 0 unspecified atom stereocenters. The number of nitrogens with zero attached hydrogens (tertiary/aromatic N) is 1. The molecule has 2 amide bonds. The van der Waals surface area contributed by atoms with Crippen LogP contribution in [0.15, 0.2) is 48.5 Å². The largest absolute Gasteiger partial charge is 0.354 e. The van der Waals surface area contributed by atoms with Crippen molar-refractivity contribution in [2.24, 2.45) is 5.92 Å². The van der Waals surface area contributed by atoms with Gasteiger partial charge in [-0.15, -0.1) is 0 Å². The Balaban J connectivity index is 2.24. The van der Waals surface area contributed by atoms with Gasteiger partial charge in [0.1, 0.15) is 17.7 Å². The third kappa shape index (κ3) is 6.97. The normalized spacial score (nSPS) is 11.9. The molecule has 0 saturated heterocycles. The van der Waals surface area contributed by atoms with Crippen LogP contribution in [-0.2, 0) is 22.6 Å². The predicted molar refractivity (Wildman–Crippen MR) is 109 cm³/mol. The maximum Gasteiger partial charge on any atom is 0.242 e. The molecule has 6 heteroatoms. The van der Waals surface area contributed by atoms with E-state index >= 15 is 0 Å². The first kappa shape index (κ1) is 22.5. The second-order valence-electron chi connectivity index (χ2n) is 7.51. The fourth-order valence-electron chi connectivity index (χ4n) is 3.01. The average Bonchev–Trinajstić information content (AvgIpc) is 2.69. The zero-order chi connectivity index (χ0) is 21.4. The van der Waals surface area contributed by atoms with Crippen LogP contribution in [0.4, 0.5) is 8.78 Å². The molecule has 0 saturated carbocycles. The van der Waals surface area contributed by atoms with Gasteiger partial charge in [-0.2, -0.15) is 0 Å². The SMILES string of the molecule is CC[C@H](C(=O)NCC(C)C)N(Cc1ccc(F)cc1)C(=O)Cc1ccc(F)cc1. The molecule has 0 bridgehead atoms. The van der Waals surface area contributed by atoms with Gasteiger partial charge in [0.25, 0.3) is 0 Å². The summed E-state index contributed by atoms with van der Waals surface area (Å²) in [5.74, 6) is -0.899. The summed E-state index contributed by atoms with van der Waals surface area (Å²) in [7, 11) is 0. The first-order valence-corrected chi connectivity index (χ1v) is 9.86. The summed E-state index contributed by atoms with van der Waals surface area (Å²) >= 11 is 0. The van der Waals surface area contributed by atoms with E-state index in [1.54, 1.807) is 24.3 Å². The molecule has 1 atom stereocenters. The summed E-state index contributed by atoms with van der Waals surface area (Å²) in [6.07, 6.45) is 0.496. The fourth-order valence-corrected chi connectivity index (χ4v) is 3.01. The second-order valence-corrected chi connectivity index (χ2v) is 7.51. The van der Waals surface area contributed by atoms with Crippen LogP contribution in [0.1, 0.15) is 38.3 Å². The number of carbonyl (C=O) groups excluding carboxylic acids is 2. The number of nitrogens with one attached hydrogen (secondary N) is 1. The first-order chi connectivity index (χ1) is 13.8. The van der Waals surface area contributed by atoms with Crippen molar-refractivity contribution in [2.75, 3.05) is 6.54 Å². The molecule has 0 fully saturated rings. The number of rotatable bonds is 9. The molecule has 2 aromatic carbocycles. The van der Waals surface area contributed by atoms with Gasteiger partial charge in [0.2, 0.25) is 11.8 Å². The van der Waals surface area contributed by atoms with Gasteiger partial charge < -0.3 is 10.2 Å². The molecule has 0 spiro atoms. The molecule has 1 N–H and O–H groups in total. The molecular weight excluding hydrogens is 374 g/mol. The van der Waals surface area contributed by atoms with E-state index in [-0.39, 0.29) is 42.3 Å². The summed E-state index contributed by atoms with van der Waals surface area (Å²) in [5.41, 5.74) is 1.40. The van der Waals surface area contributed by atoms with Crippen LogP contribution in [0, 0.1) is 17.6 Å². The van der Waals surface area contributed by atoms with Crippen molar-refractivity contribution in [2.45, 2.75) is 46.2 Å². The van der Waals surface area contributed by atoms with Crippen LogP contribution in [0.3, 0.4) is 0 Å². The van der Waals surface area contributed by atoms with Crippen molar-refractivity contribution in [1.82, 2.24) is 10.2 Å². The van der Waals surface area contributed by atoms with Gasteiger partial charge >= 0.3 is 0 Å². The van der Waals surface area contributed by atoms with Crippen molar-refractivity contribution in [3.63, 3.8) is 0 Å². The summed E-state index contributed by atoms with van der Waals surface area (Å²) in [6, 6.07) is 11.0. The van der Waals surface area contributed by atoms with Crippen LogP contribution in [0.25, 0.3) is 0 Å². The Labute approximate surface area is 170 Å². The molecule has 0 aliphatic rings. The highest BCUT2D eigenvalue weighted by molar-refractivity contribution is 5.88. The van der Waals surface area contributed by atoms with Crippen LogP contribution in [0.2, 0.25) is 0 Å². The lowest BCUT2D eigenvalue weighted by Crippen LogP contribution is -2.50. The number of carbonyl (C=O) groups is 2. The van der Waals surface area contributed by atoms with E-state index in [0.29, 0.717) is 18.5 Å². The highest BCUT2D eigenvalue weighted by Crippen LogP contribution is 2.15. The van der Waals surface area contributed by atoms with Crippen molar-refractivity contribution >= 4 is 11.8 Å². The van der Waals surface area contributed by atoms with E-state index in [2.05, 4.69) is 5.32 Å². The summed E-state index contributed by atoms with van der Waals surface area (Å²) in [6.45, 7) is 6.55. The van der Waals surface area contributed by atoms with E-state index in [9.17, 15) is 18.4 Å². The predicted octanol–water partition coefficient (Wildman–Crippen LogP) is 4.09. The maximum absolute atomic E-state index is 13.3. The zero-order valence-corrected chi connectivity index (χ0v) is 17.1. The summed E-state index contributed by atoms with van der Waals surface area (Å²) in [4.78, 5) is 27.4. The highest BCUT2D eigenvalue weighted by Gasteiger charge is 2.28. The third-order valence-electron chi connectivity index (χ3n) is 4.61. The van der Waals surface area contributed by atoms with Crippen LogP contribution < -0.4 is 5.32 Å². The quantitative estimate of drug-likeness (QED) is 0.687. The number of amides is 2. The molecule has 0 aliphatic carbocycles. The smallest absolute Gasteiger partial charge is 0.242 e. The first-order valence-electron chi connectivity index (χ1n) is 9.86. The summed E-state index contributed by atoms with van der Waals surface area (Å²) < 4.78 is 26.4. The molecule has 0 heterocycles. The Bertz CT molecular complexity index is 805. The number of halogens is 2. The fraction of sp³-hybridized carbons (Fsp3) is 0.391. The van der Waals surface area contributed by atoms with E-state index in [1.165, 1.54) is 29.2 Å². The number of hydrogen-bond donors (Lipinski definition) is 1. The van der Waals surface area contributed by atoms with E-state index in [4.69, 9.17) is 0 Å². The van der Waals surface area contributed by atoms with Gasteiger partial charge in [-0.05, 0) is 47.7 Å². The van der Waals surface area contributed by atoms with Crippen molar-refractivity contribution in [3.05, 3.63) is 71.3 Å². The lowest BCUT2D eigenvalue weighted by molar-refractivity contribution is -0.141. The topological polar surface area (TPSA) is 49.4 Å². The Hall–Kier alpha value is -2.76. The minimum atomic E-state index is -0.647. The molecule has 2 aromatic rings. The van der Waals surface area contributed by atoms with Gasteiger partial charge in [0, 0.05) is 13.1 Å². The van der Waals surface area contributed by atoms with E-state index < -0.39 is 6.04 Å². The number of hydrogen-bond acceptors (Lipinski definition) is 2. The standard InChI is InChI=1S/C23H28F2N2O2/c1-4-21(23(29)26-14-16(2)3)27(15-18-7-11-20(25)12-8-18)22(28)13-17-5-9-19(24)10-6-17/h5-12,16,21H,4,13-15H2,1-3H3,(H,26,29)/t21-/m1/s1. The van der Waals surface area contributed by atoms with Crippen LogP contribution in [0.5, 0.6) is 0 Å². The Morgan fingerprint density at radius 3 is 1.93 bits per heavy atom. The third-order valence-corrected chi connectivity index (χ3v) is 4.61. The molecule has 156 valence electrons. The molecule has 2 rings (SSSR count). The van der Waals surface area contributed by atoms with E-state index in [0.717, 1.165) is 5.56 Å². The maximum atomic E-state index is 13.3. The molecule has 0 aliphatic heterocycles. The highest BCUT2D eigenvalue weighted by atomic mass is 19.1. The van der Waals surface area contributed by atoms with Gasteiger partial charge in [-0.3, -0.25) is 9.59 Å². The monoisotopic (exact) mass is 402 g/mol. The van der Waals surface area contributed by atoms with Crippen molar-refractivity contribution < 1.29 is 18.4 Å². The molecule has 29 heavy (non-hydrogen) atoms. The lowest BCUT2D eigenvalue weighted by atomic mass is 10.1. The molecule has 0 aromatic heterocycles. The van der Waals surface area contributed by atoms with Gasteiger partial charge in [-0.1, -0.05) is 45.0 Å². The number of benzene rings is 2. The van der Waals surface area contributed by atoms with E-state index in [1.807, 2.05) is 20.8 Å². The average molecular weight is 402 g/mol. The van der Waals surface area contributed by atoms with Gasteiger partial charge in [-0.25, -0.2) is 8.78 Å². The van der Waals surface area contributed by atoms with Crippen molar-refractivity contribution in [3.8, 4) is 0 Å². The van der Waals surface area contributed by atoms with Crippen molar-refractivity contribution in [1.29, 1.82) is 0 Å². The van der Waals surface area contributed by atoms with Crippen LogP contribution in [-0.4, -0.2) is 29.3 Å². The molecular formula is C23H28F2N2O2. The second kappa shape index (κ2) is 10.7. The van der Waals surface area contributed by atoms with Gasteiger partial charge in [0.15, 0.2) is 0 Å². The van der Waals surface area contributed by atoms with Gasteiger partial charge in [0.05, 0.1) is 6.42 Å². The summed E-state index contributed by atoms with van der Waals surface area (Å²) in [5, 5.41) is 2.89. The molecule has 4 nitrogen and oxygen atoms in total. The Morgan fingerprint density at radius 2 is 1.45 bits per heavy atom. The minimum Gasteiger partial charge on any atom is -0.354 e.